The highest BCUT2D eigenvalue weighted by Gasteiger charge is 2.19. The van der Waals surface area contributed by atoms with Crippen molar-refractivity contribution in [2.45, 2.75) is 412 Å². The SMILES string of the molecule is CCCCCCCCCCCCCCCCCCCCCCCCCCCCCC(=O)OCC(COC(=O)CCCCCCCCC)OC(=O)CCCCCCCCCCCCCCCCCCCCCCCCC. The van der Waals surface area contributed by atoms with Gasteiger partial charge in [0.25, 0.3) is 0 Å². The third-order valence-corrected chi connectivity index (χ3v) is 16.1. The zero-order valence-electron chi connectivity index (χ0n) is 51.4. The van der Waals surface area contributed by atoms with Gasteiger partial charge in [-0.3, -0.25) is 14.4 Å². The Hall–Kier alpha value is -1.59. The van der Waals surface area contributed by atoms with Crippen LogP contribution in [0.3, 0.4) is 0 Å². The molecule has 0 heterocycles. The van der Waals surface area contributed by atoms with Crippen LogP contribution in [0.1, 0.15) is 406 Å². The number of rotatable bonds is 65. The summed E-state index contributed by atoms with van der Waals surface area (Å²) in [6, 6.07) is 0. The van der Waals surface area contributed by atoms with E-state index in [1.54, 1.807) is 0 Å². The second-order valence-corrected chi connectivity index (χ2v) is 23.8. The molecule has 0 aliphatic heterocycles. The third-order valence-electron chi connectivity index (χ3n) is 16.1. The lowest BCUT2D eigenvalue weighted by Crippen LogP contribution is -2.30. The van der Waals surface area contributed by atoms with Crippen LogP contribution in [0.15, 0.2) is 0 Å². The summed E-state index contributed by atoms with van der Waals surface area (Å²) in [6.45, 7) is 6.69. The first kappa shape index (κ1) is 73.4. The van der Waals surface area contributed by atoms with Crippen molar-refractivity contribution in [3.63, 3.8) is 0 Å². The number of carbonyl (C=O) groups is 3. The lowest BCUT2D eigenvalue weighted by molar-refractivity contribution is -0.167. The molecule has 6 heteroatoms. The Morgan fingerprint density at radius 1 is 0.213 bits per heavy atom. The molecule has 75 heavy (non-hydrogen) atoms. The number of esters is 3. The molecule has 0 amide bonds. The number of hydrogen-bond acceptors (Lipinski definition) is 6. The standard InChI is InChI=1S/C69H134O6/c1-4-7-10-13-16-18-20-22-24-26-28-30-32-33-34-35-37-38-40-42-44-46-48-50-53-56-59-62-68(71)74-65-66(64-73-67(70)61-58-55-52-15-12-9-6-3)75-69(72)63-60-57-54-51-49-47-45-43-41-39-36-31-29-27-25-23-21-19-17-14-11-8-5-2/h66H,4-65H2,1-3H3. The predicted octanol–water partition coefficient (Wildman–Crippen LogP) is 23.5. The molecular weight excluding hydrogens is 925 g/mol. The summed E-state index contributed by atoms with van der Waals surface area (Å²) in [4.78, 5) is 38.1. The van der Waals surface area contributed by atoms with Gasteiger partial charge in [0.05, 0.1) is 0 Å². The summed E-state index contributed by atoms with van der Waals surface area (Å²) < 4.78 is 16.9. The fraction of sp³-hybridized carbons (Fsp3) is 0.957. The Kier molecular flexibility index (Phi) is 63.6. The summed E-state index contributed by atoms with van der Waals surface area (Å²) in [6.07, 6.45) is 76.0. The van der Waals surface area contributed by atoms with Gasteiger partial charge in [0, 0.05) is 19.3 Å². The summed E-state index contributed by atoms with van der Waals surface area (Å²) in [7, 11) is 0. The summed E-state index contributed by atoms with van der Waals surface area (Å²) in [5.74, 6) is -0.834. The first-order valence-electron chi connectivity index (χ1n) is 34.5. The van der Waals surface area contributed by atoms with Gasteiger partial charge < -0.3 is 14.2 Å². The van der Waals surface area contributed by atoms with E-state index >= 15 is 0 Å². The van der Waals surface area contributed by atoms with Crippen molar-refractivity contribution < 1.29 is 28.6 Å². The first-order valence-corrected chi connectivity index (χ1v) is 34.5. The zero-order valence-corrected chi connectivity index (χ0v) is 51.4. The highest BCUT2D eigenvalue weighted by Crippen LogP contribution is 2.19. The highest BCUT2D eigenvalue weighted by atomic mass is 16.6. The van der Waals surface area contributed by atoms with Crippen molar-refractivity contribution in [1.29, 1.82) is 0 Å². The van der Waals surface area contributed by atoms with E-state index in [0.29, 0.717) is 19.3 Å². The van der Waals surface area contributed by atoms with Crippen LogP contribution in [-0.2, 0) is 28.6 Å². The zero-order chi connectivity index (χ0) is 54.3. The number of unbranched alkanes of at least 4 members (excludes halogenated alkanes) is 54. The number of carbonyl (C=O) groups excluding carboxylic acids is 3. The predicted molar refractivity (Wildman–Crippen MR) is 326 cm³/mol. The Morgan fingerprint density at radius 3 is 0.533 bits per heavy atom. The van der Waals surface area contributed by atoms with Gasteiger partial charge >= 0.3 is 17.9 Å². The van der Waals surface area contributed by atoms with Gasteiger partial charge in [-0.25, -0.2) is 0 Å². The van der Waals surface area contributed by atoms with Gasteiger partial charge in [-0.1, -0.05) is 367 Å². The van der Waals surface area contributed by atoms with Crippen LogP contribution in [0.25, 0.3) is 0 Å². The molecule has 0 aromatic carbocycles. The maximum Gasteiger partial charge on any atom is 0.306 e. The minimum absolute atomic E-state index is 0.0613. The van der Waals surface area contributed by atoms with Crippen molar-refractivity contribution >= 4 is 17.9 Å². The molecule has 446 valence electrons. The highest BCUT2D eigenvalue weighted by molar-refractivity contribution is 5.71. The van der Waals surface area contributed by atoms with Crippen LogP contribution in [0, 0.1) is 0 Å². The third kappa shape index (κ3) is 63.1. The van der Waals surface area contributed by atoms with E-state index in [2.05, 4.69) is 20.8 Å². The molecule has 0 saturated carbocycles. The number of hydrogen-bond donors (Lipinski definition) is 0. The average Bonchev–Trinajstić information content (AvgIpc) is 3.41. The van der Waals surface area contributed by atoms with Crippen molar-refractivity contribution in [2.24, 2.45) is 0 Å². The average molecular weight is 1060 g/mol. The molecule has 0 N–H and O–H groups in total. The lowest BCUT2D eigenvalue weighted by Gasteiger charge is -2.18. The van der Waals surface area contributed by atoms with Crippen LogP contribution in [-0.4, -0.2) is 37.2 Å². The second kappa shape index (κ2) is 64.9. The minimum Gasteiger partial charge on any atom is -0.462 e. The molecule has 0 aromatic heterocycles. The Bertz CT molecular complexity index is 1120. The molecule has 0 aliphatic rings. The van der Waals surface area contributed by atoms with E-state index in [1.165, 1.54) is 308 Å². The maximum atomic E-state index is 12.9. The molecule has 0 saturated heterocycles. The Morgan fingerprint density at radius 2 is 0.360 bits per heavy atom. The van der Waals surface area contributed by atoms with Gasteiger partial charge in [-0.15, -0.1) is 0 Å². The smallest absolute Gasteiger partial charge is 0.306 e. The Labute approximate surface area is 469 Å². The van der Waals surface area contributed by atoms with Crippen LogP contribution in [0.4, 0.5) is 0 Å². The Balaban J connectivity index is 4.00. The fourth-order valence-electron chi connectivity index (χ4n) is 10.9. The molecule has 0 spiro atoms. The topological polar surface area (TPSA) is 78.9 Å². The van der Waals surface area contributed by atoms with Crippen molar-refractivity contribution in [2.75, 3.05) is 13.2 Å². The molecule has 1 unspecified atom stereocenters. The van der Waals surface area contributed by atoms with Crippen LogP contribution in [0.2, 0.25) is 0 Å². The summed E-state index contributed by atoms with van der Waals surface area (Å²) >= 11 is 0. The van der Waals surface area contributed by atoms with Crippen LogP contribution in [0.5, 0.6) is 0 Å². The minimum atomic E-state index is -0.761. The van der Waals surface area contributed by atoms with Gasteiger partial charge in [0.15, 0.2) is 6.10 Å². The van der Waals surface area contributed by atoms with E-state index in [4.69, 9.17) is 14.2 Å². The van der Waals surface area contributed by atoms with E-state index < -0.39 is 6.10 Å². The molecule has 0 aromatic rings. The van der Waals surface area contributed by atoms with Crippen LogP contribution >= 0.6 is 0 Å². The van der Waals surface area contributed by atoms with E-state index in [0.717, 1.165) is 57.8 Å². The molecule has 0 radical (unpaired) electrons. The lowest BCUT2D eigenvalue weighted by atomic mass is 10.0. The van der Waals surface area contributed by atoms with Gasteiger partial charge in [0.1, 0.15) is 13.2 Å². The largest absolute Gasteiger partial charge is 0.462 e. The normalized spacial score (nSPS) is 11.9. The quantitative estimate of drug-likeness (QED) is 0.0343. The maximum absolute atomic E-state index is 12.9. The molecule has 0 fully saturated rings. The summed E-state index contributed by atoms with van der Waals surface area (Å²) in [5, 5.41) is 0. The first-order chi connectivity index (χ1) is 37.0. The van der Waals surface area contributed by atoms with Gasteiger partial charge in [0.2, 0.25) is 0 Å². The molecular formula is C69H134O6. The molecule has 6 nitrogen and oxygen atoms in total. The van der Waals surface area contributed by atoms with E-state index in [-0.39, 0.29) is 31.1 Å². The van der Waals surface area contributed by atoms with Gasteiger partial charge in [-0.05, 0) is 19.3 Å². The summed E-state index contributed by atoms with van der Waals surface area (Å²) in [5.41, 5.74) is 0. The van der Waals surface area contributed by atoms with Crippen molar-refractivity contribution in [3.8, 4) is 0 Å². The molecule has 0 aliphatic carbocycles. The monoisotopic (exact) mass is 1060 g/mol. The second-order valence-electron chi connectivity index (χ2n) is 23.8. The molecule has 0 bridgehead atoms. The van der Waals surface area contributed by atoms with E-state index in [1.807, 2.05) is 0 Å². The van der Waals surface area contributed by atoms with Crippen molar-refractivity contribution in [1.82, 2.24) is 0 Å². The molecule has 0 rings (SSSR count). The molecule has 1 atom stereocenters. The van der Waals surface area contributed by atoms with Crippen LogP contribution < -0.4 is 0 Å². The van der Waals surface area contributed by atoms with Gasteiger partial charge in [-0.2, -0.15) is 0 Å². The fourth-order valence-corrected chi connectivity index (χ4v) is 10.9. The number of ether oxygens (including phenoxy) is 3. The van der Waals surface area contributed by atoms with Crippen molar-refractivity contribution in [3.05, 3.63) is 0 Å². The van der Waals surface area contributed by atoms with E-state index in [9.17, 15) is 14.4 Å².